The average Bonchev–Trinajstić information content (AvgIpc) is 2.90. The highest BCUT2D eigenvalue weighted by Crippen LogP contribution is 2.30. The summed E-state index contributed by atoms with van der Waals surface area (Å²) in [6.45, 7) is 5.78. The predicted octanol–water partition coefficient (Wildman–Crippen LogP) is 3.43. The molecule has 5 nitrogen and oxygen atoms in total. The number of benzene rings is 1. The van der Waals surface area contributed by atoms with Gasteiger partial charge in [-0.2, -0.15) is 4.98 Å². The van der Waals surface area contributed by atoms with Gasteiger partial charge in [0.15, 0.2) is 0 Å². The fraction of sp³-hybridized carbons (Fsp3) is 0.188. The summed E-state index contributed by atoms with van der Waals surface area (Å²) < 4.78 is 5.28. The molecular formula is C16H15N3O2. The molecule has 0 aliphatic rings. The van der Waals surface area contributed by atoms with Gasteiger partial charge in [-0.3, -0.25) is 4.98 Å². The second-order valence-electron chi connectivity index (χ2n) is 5.08. The molecule has 2 heterocycles. The highest BCUT2D eigenvalue weighted by Gasteiger charge is 2.14. The first kappa shape index (κ1) is 13.3. The van der Waals surface area contributed by atoms with E-state index in [2.05, 4.69) is 15.1 Å². The van der Waals surface area contributed by atoms with Crippen LogP contribution in [0.2, 0.25) is 0 Å². The van der Waals surface area contributed by atoms with E-state index in [1.165, 1.54) is 0 Å². The standard InChI is InChI=1S/C16H15N3O2/c1-9-4-5-14(20)13(6-9)16-18-15(19-21-16)12-7-10(2)17-11(3)8-12/h4-8,20H,1-3H3. The molecule has 0 saturated carbocycles. The highest BCUT2D eigenvalue weighted by molar-refractivity contribution is 5.65. The van der Waals surface area contributed by atoms with Gasteiger partial charge in [0.25, 0.3) is 5.89 Å². The van der Waals surface area contributed by atoms with Gasteiger partial charge in [0.1, 0.15) is 5.75 Å². The van der Waals surface area contributed by atoms with E-state index in [-0.39, 0.29) is 5.75 Å². The maximum Gasteiger partial charge on any atom is 0.262 e. The van der Waals surface area contributed by atoms with Crippen LogP contribution in [-0.4, -0.2) is 20.2 Å². The lowest BCUT2D eigenvalue weighted by Gasteiger charge is -2.00. The van der Waals surface area contributed by atoms with Crippen LogP contribution in [0.1, 0.15) is 17.0 Å². The van der Waals surface area contributed by atoms with Crippen molar-refractivity contribution in [1.29, 1.82) is 0 Å². The molecule has 2 aromatic heterocycles. The number of phenols is 1. The van der Waals surface area contributed by atoms with Crippen LogP contribution in [0.15, 0.2) is 34.9 Å². The zero-order chi connectivity index (χ0) is 15.0. The minimum atomic E-state index is 0.123. The third kappa shape index (κ3) is 2.63. The van der Waals surface area contributed by atoms with Crippen molar-refractivity contribution in [2.45, 2.75) is 20.8 Å². The van der Waals surface area contributed by atoms with Crippen LogP contribution in [0.3, 0.4) is 0 Å². The number of pyridine rings is 1. The van der Waals surface area contributed by atoms with Gasteiger partial charge in [0.05, 0.1) is 5.56 Å². The molecule has 21 heavy (non-hydrogen) atoms. The van der Waals surface area contributed by atoms with E-state index >= 15 is 0 Å². The maximum absolute atomic E-state index is 9.92. The molecule has 0 aliphatic heterocycles. The van der Waals surface area contributed by atoms with Gasteiger partial charge in [0.2, 0.25) is 5.82 Å². The van der Waals surface area contributed by atoms with E-state index < -0.39 is 0 Å². The number of hydrogen-bond acceptors (Lipinski definition) is 5. The fourth-order valence-corrected chi connectivity index (χ4v) is 2.23. The molecule has 3 aromatic rings. The van der Waals surface area contributed by atoms with Crippen molar-refractivity contribution in [2.75, 3.05) is 0 Å². The van der Waals surface area contributed by atoms with Crippen LogP contribution >= 0.6 is 0 Å². The molecule has 0 spiro atoms. The summed E-state index contributed by atoms with van der Waals surface area (Å²) in [4.78, 5) is 8.69. The van der Waals surface area contributed by atoms with E-state index in [0.29, 0.717) is 17.3 Å². The monoisotopic (exact) mass is 281 g/mol. The summed E-state index contributed by atoms with van der Waals surface area (Å²) >= 11 is 0. The summed E-state index contributed by atoms with van der Waals surface area (Å²) in [5.74, 6) is 0.913. The maximum atomic E-state index is 9.92. The molecule has 0 aliphatic carbocycles. The van der Waals surface area contributed by atoms with Crippen LogP contribution in [0.5, 0.6) is 5.75 Å². The Balaban J connectivity index is 2.05. The quantitative estimate of drug-likeness (QED) is 0.779. The molecule has 1 N–H and O–H groups in total. The van der Waals surface area contributed by atoms with Crippen LogP contribution in [0.4, 0.5) is 0 Å². The normalized spacial score (nSPS) is 10.8. The SMILES string of the molecule is Cc1ccc(O)c(-c2nc(-c3cc(C)nc(C)c3)no2)c1. The number of aromatic nitrogens is 3. The second kappa shape index (κ2) is 5.01. The van der Waals surface area contributed by atoms with Crippen molar-refractivity contribution in [3.8, 4) is 28.6 Å². The van der Waals surface area contributed by atoms with Gasteiger partial charge in [0, 0.05) is 17.0 Å². The third-order valence-electron chi connectivity index (χ3n) is 3.15. The average molecular weight is 281 g/mol. The summed E-state index contributed by atoms with van der Waals surface area (Å²) in [6.07, 6.45) is 0. The van der Waals surface area contributed by atoms with Crippen molar-refractivity contribution in [3.05, 3.63) is 47.3 Å². The zero-order valence-corrected chi connectivity index (χ0v) is 12.1. The Bertz CT molecular complexity index is 789. The summed E-state index contributed by atoms with van der Waals surface area (Å²) in [7, 11) is 0. The molecule has 0 atom stereocenters. The zero-order valence-electron chi connectivity index (χ0n) is 12.1. The molecule has 1 aromatic carbocycles. The molecular weight excluding hydrogens is 266 g/mol. The lowest BCUT2D eigenvalue weighted by atomic mass is 10.1. The third-order valence-corrected chi connectivity index (χ3v) is 3.15. The van der Waals surface area contributed by atoms with Gasteiger partial charge in [-0.1, -0.05) is 16.8 Å². The molecule has 3 rings (SSSR count). The number of nitrogens with zero attached hydrogens (tertiary/aromatic N) is 3. The lowest BCUT2D eigenvalue weighted by Crippen LogP contribution is -1.89. The molecule has 0 unspecified atom stereocenters. The summed E-state index contributed by atoms with van der Waals surface area (Å²) in [5, 5.41) is 13.9. The smallest absolute Gasteiger partial charge is 0.262 e. The van der Waals surface area contributed by atoms with Gasteiger partial charge in [-0.25, -0.2) is 0 Å². The van der Waals surface area contributed by atoms with E-state index in [0.717, 1.165) is 22.5 Å². The van der Waals surface area contributed by atoms with Crippen LogP contribution in [-0.2, 0) is 0 Å². The molecule has 5 heteroatoms. The number of phenolic OH excluding ortho intramolecular Hbond substituents is 1. The van der Waals surface area contributed by atoms with E-state index in [4.69, 9.17) is 4.52 Å². The molecule has 0 amide bonds. The minimum absolute atomic E-state index is 0.123. The second-order valence-corrected chi connectivity index (χ2v) is 5.08. The molecule has 106 valence electrons. The van der Waals surface area contributed by atoms with Crippen molar-refractivity contribution in [1.82, 2.24) is 15.1 Å². The Morgan fingerprint density at radius 3 is 2.38 bits per heavy atom. The van der Waals surface area contributed by atoms with E-state index in [1.807, 2.05) is 45.0 Å². The van der Waals surface area contributed by atoms with Gasteiger partial charge in [-0.15, -0.1) is 0 Å². The van der Waals surface area contributed by atoms with Gasteiger partial charge < -0.3 is 9.63 Å². The Morgan fingerprint density at radius 1 is 0.952 bits per heavy atom. The summed E-state index contributed by atoms with van der Waals surface area (Å²) in [6, 6.07) is 9.06. The van der Waals surface area contributed by atoms with Crippen LogP contribution < -0.4 is 0 Å². The Hall–Kier alpha value is -2.69. The van der Waals surface area contributed by atoms with Crippen molar-refractivity contribution < 1.29 is 9.63 Å². The predicted molar refractivity (Wildman–Crippen MR) is 78.8 cm³/mol. The number of aryl methyl sites for hydroxylation is 3. The van der Waals surface area contributed by atoms with Crippen LogP contribution in [0.25, 0.3) is 22.8 Å². The van der Waals surface area contributed by atoms with E-state index in [9.17, 15) is 5.11 Å². The Morgan fingerprint density at radius 2 is 1.67 bits per heavy atom. The Kier molecular flexibility index (Phi) is 3.17. The number of hydrogen-bond donors (Lipinski definition) is 1. The summed E-state index contributed by atoms with van der Waals surface area (Å²) in [5.41, 5.74) is 4.20. The van der Waals surface area contributed by atoms with Crippen LogP contribution in [0, 0.1) is 20.8 Å². The highest BCUT2D eigenvalue weighted by atomic mass is 16.5. The first-order valence-corrected chi connectivity index (χ1v) is 6.62. The molecule has 0 fully saturated rings. The lowest BCUT2D eigenvalue weighted by molar-refractivity contribution is 0.425. The minimum Gasteiger partial charge on any atom is -0.507 e. The van der Waals surface area contributed by atoms with Gasteiger partial charge in [-0.05, 0) is 45.0 Å². The van der Waals surface area contributed by atoms with Gasteiger partial charge >= 0.3 is 0 Å². The van der Waals surface area contributed by atoms with Crippen molar-refractivity contribution in [3.63, 3.8) is 0 Å². The molecule has 0 saturated heterocycles. The molecule has 0 radical (unpaired) electrons. The Labute approximate surface area is 122 Å². The van der Waals surface area contributed by atoms with E-state index in [1.54, 1.807) is 6.07 Å². The van der Waals surface area contributed by atoms with Crippen molar-refractivity contribution >= 4 is 0 Å². The molecule has 0 bridgehead atoms. The largest absolute Gasteiger partial charge is 0.507 e. The first-order chi connectivity index (χ1) is 10.0. The first-order valence-electron chi connectivity index (χ1n) is 6.62. The number of aromatic hydroxyl groups is 1. The topological polar surface area (TPSA) is 72.0 Å². The number of rotatable bonds is 2. The van der Waals surface area contributed by atoms with Crippen molar-refractivity contribution in [2.24, 2.45) is 0 Å². The fourth-order valence-electron chi connectivity index (χ4n) is 2.23.